The van der Waals surface area contributed by atoms with E-state index in [-0.39, 0.29) is 11.8 Å². The maximum atomic E-state index is 10.9. The average molecular weight is 284 g/mol. The number of hydrogen-bond donors (Lipinski definition) is 1. The summed E-state index contributed by atoms with van der Waals surface area (Å²) in [5.41, 5.74) is 0.557. The van der Waals surface area contributed by atoms with Crippen LogP contribution in [-0.2, 0) is 4.79 Å². The maximum absolute atomic E-state index is 10.9. The van der Waals surface area contributed by atoms with Gasteiger partial charge in [0.25, 0.3) is 0 Å². The second-order valence-corrected chi connectivity index (χ2v) is 3.66. The number of alkyl halides is 1. The molecular weight excluding hydrogens is 279 g/mol. The van der Waals surface area contributed by atoms with E-state index in [2.05, 4.69) is 26.2 Å². The third-order valence-corrected chi connectivity index (χ3v) is 2.58. The van der Waals surface area contributed by atoms with Crippen molar-refractivity contribution < 1.29 is 4.79 Å². The van der Waals surface area contributed by atoms with Gasteiger partial charge in [-0.05, 0) is 22.0 Å². The van der Waals surface area contributed by atoms with Gasteiger partial charge in [-0.2, -0.15) is 0 Å². The summed E-state index contributed by atoms with van der Waals surface area (Å²) < 4.78 is 0.626. The number of aromatic nitrogens is 1. The molecule has 13 heavy (non-hydrogen) atoms. The Bertz CT molecular complexity index is 332. The van der Waals surface area contributed by atoms with Crippen molar-refractivity contribution in [3.05, 3.63) is 21.9 Å². The van der Waals surface area contributed by atoms with Crippen molar-refractivity contribution in [3.8, 4) is 0 Å². The molecule has 0 aliphatic carbocycles. The molecule has 3 nitrogen and oxygen atoms in total. The summed E-state index contributed by atoms with van der Waals surface area (Å²) in [6.07, 6.45) is 1.46. The Kier molecular flexibility index (Phi) is 3.96. The second-order valence-electron chi connectivity index (χ2n) is 2.18. The number of halogens is 3. The summed E-state index contributed by atoms with van der Waals surface area (Å²) in [5, 5.41) is 2.89. The number of amides is 1. The van der Waals surface area contributed by atoms with Crippen molar-refractivity contribution >= 4 is 50.7 Å². The van der Waals surface area contributed by atoms with Crippen LogP contribution in [0.1, 0.15) is 0 Å². The molecule has 0 saturated heterocycles. The summed E-state index contributed by atoms with van der Waals surface area (Å²) in [5.74, 6) is -0.363. The van der Waals surface area contributed by atoms with E-state index in [0.717, 1.165) is 0 Å². The van der Waals surface area contributed by atoms with Crippen LogP contribution >= 0.6 is 39.1 Å². The van der Waals surface area contributed by atoms with Gasteiger partial charge in [0.15, 0.2) is 0 Å². The van der Waals surface area contributed by atoms with E-state index in [4.69, 9.17) is 23.2 Å². The number of rotatable bonds is 2. The third kappa shape index (κ3) is 3.14. The quantitative estimate of drug-likeness (QED) is 0.670. The lowest BCUT2D eigenvalue weighted by atomic mass is 10.4. The standard InChI is InChI=1S/C7H5BrCl2N2O/c8-5-1-4(3-11-7(5)10)12-6(13)2-9/h1,3H,2H2,(H,12,13). The lowest BCUT2D eigenvalue weighted by Gasteiger charge is -2.02. The number of nitrogens with one attached hydrogen (secondary N) is 1. The van der Waals surface area contributed by atoms with Gasteiger partial charge in [0, 0.05) is 0 Å². The fourth-order valence-corrected chi connectivity index (χ4v) is 1.20. The van der Waals surface area contributed by atoms with Gasteiger partial charge in [-0.25, -0.2) is 4.98 Å². The predicted octanol–water partition coefficient (Wildman–Crippen LogP) is 2.67. The first-order valence-electron chi connectivity index (χ1n) is 3.30. The van der Waals surface area contributed by atoms with E-state index in [1.807, 2.05) is 0 Å². The molecule has 1 aromatic rings. The molecule has 0 radical (unpaired) electrons. The third-order valence-electron chi connectivity index (χ3n) is 1.20. The number of carbonyl (C=O) groups is 1. The molecular formula is C7H5BrCl2N2O. The minimum Gasteiger partial charge on any atom is -0.324 e. The zero-order valence-corrected chi connectivity index (χ0v) is 9.45. The maximum Gasteiger partial charge on any atom is 0.239 e. The fraction of sp³-hybridized carbons (Fsp3) is 0.143. The van der Waals surface area contributed by atoms with E-state index in [1.54, 1.807) is 6.07 Å². The van der Waals surface area contributed by atoms with Gasteiger partial charge in [0.05, 0.1) is 16.4 Å². The van der Waals surface area contributed by atoms with E-state index in [1.165, 1.54) is 6.20 Å². The monoisotopic (exact) mass is 282 g/mol. The first kappa shape index (κ1) is 10.8. The highest BCUT2D eigenvalue weighted by molar-refractivity contribution is 9.10. The topological polar surface area (TPSA) is 42.0 Å². The Morgan fingerprint density at radius 2 is 2.38 bits per heavy atom. The molecule has 0 saturated carbocycles. The molecule has 0 bridgehead atoms. The van der Waals surface area contributed by atoms with Crippen LogP contribution in [0.3, 0.4) is 0 Å². The lowest BCUT2D eigenvalue weighted by molar-refractivity contribution is -0.113. The predicted molar refractivity (Wildman–Crippen MR) is 56.3 cm³/mol. The van der Waals surface area contributed by atoms with Crippen molar-refractivity contribution in [1.29, 1.82) is 0 Å². The smallest absolute Gasteiger partial charge is 0.239 e. The summed E-state index contributed by atoms with van der Waals surface area (Å²) in [4.78, 5) is 14.7. The van der Waals surface area contributed by atoms with Crippen LogP contribution in [0.15, 0.2) is 16.7 Å². The van der Waals surface area contributed by atoms with Gasteiger partial charge in [0.2, 0.25) is 5.91 Å². The summed E-state index contributed by atoms with van der Waals surface area (Å²) >= 11 is 14.1. The van der Waals surface area contributed by atoms with Gasteiger partial charge in [0.1, 0.15) is 11.0 Å². The van der Waals surface area contributed by atoms with E-state index < -0.39 is 0 Å². The summed E-state index contributed by atoms with van der Waals surface area (Å²) in [7, 11) is 0. The molecule has 0 fully saturated rings. The van der Waals surface area contributed by atoms with Crippen LogP contribution < -0.4 is 5.32 Å². The molecule has 0 aromatic carbocycles. The van der Waals surface area contributed by atoms with Gasteiger partial charge in [-0.15, -0.1) is 11.6 Å². The zero-order chi connectivity index (χ0) is 9.84. The van der Waals surface area contributed by atoms with Gasteiger partial charge in [-0.1, -0.05) is 11.6 Å². The lowest BCUT2D eigenvalue weighted by Crippen LogP contribution is -2.12. The number of anilines is 1. The molecule has 1 N–H and O–H groups in total. The van der Waals surface area contributed by atoms with Gasteiger partial charge < -0.3 is 5.32 Å². The first-order chi connectivity index (χ1) is 6.13. The number of pyridine rings is 1. The fourth-order valence-electron chi connectivity index (χ4n) is 0.684. The number of carbonyl (C=O) groups excluding carboxylic acids is 1. The molecule has 1 amide bonds. The number of nitrogens with zero attached hydrogens (tertiary/aromatic N) is 1. The van der Waals surface area contributed by atoms with Gasteiger partial charge in [-0.3, -0.25) is 4.79 Å². The molecule has 0 aliphatic heterocycles. The van der Waals surface area contributed by atoms with E-state index in [9.17, 15) is 4.79 Å². The highest BCUT2D eigenvalue weighted by Gasteiger charge is 2.03. The average Bonchev–Trinajstić information content (AvgIpc) is 2.11. The Hall–Kier alpha value is -0.320. The molecule has 0 atom stereocenters. The molecule has 70 valence electrons. The molecule has 0 spiro atoms. The minimum absolute atomic E-state index is 0.0831. The molecule has 1 aromatic heterocycles. The molecule has 1 heterocycles. The minimum atomic E-state index is -0.280. The first-order valence-corrected chi connectivity index (χ1v) is 5.01. The Labute approximate surface area is 93.6 Å². The molecule has 6 heteroatoms. The highest BCUT2D eigenvalue weighted by atomic mass is 79.9. The Morgan fingerprint density at radius 3 is 2.92 bits per heavy atom. The second kappa shape index (κ2) is 4.79. The molecule has 1 rings (SSSR count). The van der Waals surface area contributed by atoms with E-state index in [0.29, 0.717) is 15.3 Å². The summed E-state index contributed by atoms with van der Waals surface area (Å²) in [6.45, 7) is 0. The van der Waals surface area contributed by atoms with E-state index >= 15 is 0 Å². The van der Waals surface area contributed by atoms with Crippen molar-refractivity contribution in [3.63, 3.8) is 0 Å². The Morgan fingerprint density at radius 1 is 1.69 bits per heavy atom. The zero-order valence-electron chi connectivity index (χ0n) is 6.35. The van der Waals surface area contributed by atoms with Crippen molar-refractivity contribution in [2.75, 3.05) is 11.2 Å². The van der Waals surface area contributed by atoms with Crippen molar-refractivity contribution in [2.24, 2.45) is 0 Å². The van der Waals surface area contributed by atoms with Gasteiger partial charge >= 0.3 is 0 Å². The van der Waals surface area contributed by atoms with Crippen LogP contribution in [0.25, 0.3) is 0 Å². The van der Waals surface area contributed by atoms with Crippen molar-refractivity contribution in [2.45, 2.75) is 0 Å². The summed E-state index contributed by atoms with van der Waals surface area (Å²) in [6, 6.07) is 1.65. The largest absolute Gasteiger partial charge is 0.324 e. The van der Waals surface area contributed by atoms with Crippen LogP contribution in [0.5, 0.6) is 0 Å². The number of hydrogen-bond acceptors (Lipinski definition) is 2. The van der Waals surface area contributed by atoms with Crippen LogP contribution in [0.2, 0.25) is 5.15 Å². The Balaban J connectivity index is 2.79. The SMILES string of the molecule is O=C(CCl)Nc1cnc(Cl)c(Br)c1. The molecule has 0 aliphatic rings. The highest BCUT2D eigenvalue weighted by Crippen LogP contribution is 2.22. The van der Waals surface area contributed by atoms with Crippen LogP contribution in [0, 0.1) is 0 Å². The van der Waals surface area contributed by atoms with Crippen molar-refractivity contribution in [1.82, 2.24) is 4.98 Å². The van der Waals surface area contributed by atoms with Crippen LogP contribution in [-0.4, -0.2) is 16.8 Å². The van der Waals surface area contributed by atoms with Crippen LogP contribution in [0.4, 0.5) is 5.69 Å². The molecule has 0 unspecified atom stereocenters. The normalized spacial score (nSPS) is 9.77.